The Hall–Kier alpha value is -4.55. The smallest absolute Gasteiger partial charge is 0.388 e. The number of nitrogens with zero attached hydrogens (tertiary/aromatic N) is 6. The Morgan fingerprint density at radius 1 is 0.972 bits per heavy atom. The van der Waals surface area contributed by atoms with Gasteiger partial charge in [0.2, 0.25) is 11.8 Å². The highest BCUT2D eigenvalue weighted by Gasteiger charge is 2.19. The quantitative estimate of drug-likeness (QED) is 0.312. The zero-order chi connectivity index (χ0) is 25.4. The van der Waals surface area contributed by atoms with Crippen LogP contribution in [0.25, 0.3) is 38.8 Å². The molecule has 5 rings (SSSR count). The van der Waals surface area contributed by atoms with E-state index >= 15 is 0 Å². The Kier molecular flexibility index (Phi) is 5.96. The molecule has 36 heavy (non-hydrogen) atoms. The van der Waals surface area contributed by atoms with Crippen LogP contribution in [0.4, 0.5) is 17.6 Å². The molecule has 184 valence electrons. The number of aryl methyl sites for hydroxylation is 1. The fourth-order valence-corrected chi connectivity index (χ4v) is 3.68. The highest BCUT2D eigenvalue weighted by molar-refractivity contribution is 5.91. The average molecular weight is 500 g/mol. The van der Waals surface area contributed by atoms with Crippen LogP contribution in [0, 0.1) is 0 Å². The molecule has 0 saturated heterocycles. The maximum Gasteiger partial charge on any atom is 0.388 e. The molecule has 5 aromatic rings. The van der Waals surface area contributed by atoms with E-state index in [2.05, 4.69) is 24.9 Å². The second-order valence-corrected chi connectivity index (χ2v) is 7.62. The van der Waals surface area contributed by atoms with Crippen molar-refractivity contribution in [1.29, 1.82) is 0 Å². The van der Waals surface area contributed by atoms with Crippen LogP contribution in [-0.4, -0.2) is 49.2 Å². The summed E-state index contributed by atoms with van der Waals surface area (Å²) in [4.78, 5) is 21.7. The first-order chi connectivity index (χ1) is 17.3. The van der Waals surface area contributed by atoms with Crippen molar-refractivity contribution < 1.29 is 27.0 Å². The van der Waals surface area contributed by atoms with E-state index < -0.39 is 25.2 Å². The predicted octanol–water partition coefficient (Wildman–Crippen LogP) is 3.97. The third kappa shape index (κ3) is 4.54. The van der Waals surface area contributed by atoms with E-state index in [0.717, 1.165) is 15.6 Å². The van der Waals surface area contributed by atoms with Crippen LogP contribution < -0.4 is 15.0 Å². The number of pyridine rings is 2. The zero-order valence-electron chi connectivity index (χ0n) is 18.5. The highest BCUT2D eigenvalue weighted by Crippen LogP contribution is 2.27. The molecule has 13 heteroatoms. The molecule has 0 fully saturated rings. The number of hydrogen-bond donors (Lipinski definition) is 0. The second-order valence-electron chi connectivity index (χ2n) is 7.62. The topological polar surface area (TPSA) is 97.0 Å². The first-order valence-corrected chi connectivity index (χ1v) is 10.5. The van der Waals surface area contributed by atoms with Gasteiger partial charge in [0.05, 0.1) is 16.8 Å². The molecule has 1 aromatic carbocycles. The first-order valence-electron chi connectivity index (χ1n) is 10.5. The Morgan fingerprint density at radius 3 is 2.47 bits per heavy atom. The molecule has 0 radical (unpaired) electrons. The average Bonchev–Trinajstić information content (AvgIpc) is 3.22. The van der Waals surface area contributed by atoms with E-state index in [4.69, 9.17) is 4.74 Å². The Bertz CT molecular complexity index is 1620. The summed E-state index contributed by atoms with van der Waals surface area (Å²) in [6.45, 7) is -3.95. The molecule has 0 bridgehead atoms. The van der Waals surface area contributed by atoms with Crippen molar-refractivity contribution in [2.24, 2.45) is 7.05 Å². The molecule has 0 aliphatic heterocycles. The number of halogens is 4. The molecule has 9 nitrogen and oxygen atoms in total. The molecule has 0 aliphatic carbocycles. The number of rotatable bonds is 7. The molecule has 0 N–H and O–H groups in total. The van der Waals surface area contributed by atoms with Crippen molar-refractivity contribution in [3.05, 3.63) is 65.2 Å². The van der Waals surface area contributed by atoms with Crippen LogP contribution in [0.5, 0.6) is 11.8 Å². The van der Waals surface area contributed by atoms with Crippen molar-refractivity contribution in [3.63, 3.8) is 0 Å². The molecule has 0 atom stereocenters. The third-order valence-corrected chi connectivity index (χ3v) is 5.14. The number of ether oxygens (including phenoxy) is 2. The lowest BCUT2D eigenvalue weighted by Gasteiger charge is -2.12. The van der Waals surface area contributed by atoms with E-state index in [1.807, 2.05) is 0 Å². The van der Waals surface area contributed by atoms with Gasteiger partial charge in [-0.05, 0) is 30.3 Å². The fraction of sp³-hybridized carbons (Fsp3) is 0.174. The minimum atomic E-state index is -3.07. The largest absolute Gasteiger partial charge is 0.472 e. The summed E-state index contributed by atoms with van der Waals surface area (Å²) in [6, 6.07) is 10.5. The van der Waals surface area contributed by atoms with Gasteiger partial charge in [0.1, 0.15) is 11.0 Å². The van der Waals surface area contributed by atoms with Crippen LogP contribution >= 0.6 is 0 Å². The van der Waals surface area contributed by atoms with E-state index in [1.54, 1.807) is 36.1 Å². The molecular weight excluding hydrogens is 484 g/mol. The van der Waals surface area contributed by atoms with Gasteiger partial charge in [-0.2, -0.15) is 23.7 Å². The summed E-state index contributed by atoms with van der Waals surface area (Å²) in [5, 5.41) is 9.49. The fourth-order valence-electron chi connectivity index (χ4n) is 3.68. The van der Waals surface area contributed by atoms with Gasteiger partial charge in [-0.3, -0.25) is 9.48 Å². The van der Waals surface area contributed by atoms with Crippen molar-refractivity contribution in [1.82, 2.24) is 29.5 Å². The van der Waals surface area contributed by atoms with Gasteiger partial charge in [-0.1, -0.05) is 0 Å². The van der Waals surface area contributed by atoms with Gasteiger partial charge < -0.3 is 9.47 Å². The van der Waals surface area contributed by atoms with Crippen molar-refractivity contribution in [3.8, 4) is 28.6 Å². The molecule has 4 aromatic heterocycles. The molecular formula is C23H16F4N6O3. The standard InChI is InChI=1S/C23H16F4N6O3/c1-32-10-13-8-14(3-4-15(13)30-32)33-22(34)20(12-2-6-18(28-9-12)36-23(26)27)21-16(31-33)5-7-19(29-21)35-11-17(24)25/h2-10,17,23H,11H2,1H3. The molecule has 0 amide bonds. The van der Waals surface area contributed by atoms with Gasteiger partial charge in [0, 0.05) is 42.5 Å². The minimum Gasteiger partial charge on any atom is -0.472 e. The van der Waals surface area contributed by atoms with E-state index in [0.29, 0.717) is 5.69 Å². The molecule has 0 unspecified atom stereocenters. The van der Waals surface area contributed by atoms with Gasteiger partial charge in [-0.15, -0.1) is 0 Å². The maximum absolute atomic E-state index is 13.7. The van der Waals surface area contributed by atoms with Crippen molar-refractivity contribution >= 4 is 21.9 Å². The number of fused-ring (bicyclic) bond motifs is 2. The zero-order valence-corrected chi connectivity index (χ0v) is 18.5. The Morgan fingerprint density at radius 2 is 1.75 bits per heavy atom. The lowest BCUT2D eigenvalue weighted by molar-refractivity contribution is -0.0528. The van der Waals surface area contributed by atoms with Crippen molar-refractivity contribution in [2.75, 3.05) is 6.61 Å². The number of alkyl halides is 4. The number of benzene rings is 1. The third-order valence-electron chi connectivity index (χ3n) is 5.14. The molecule has 0 saturated carbocycles. The van der Waals surface area contributed by atoms with Crippen molar-refractivity contribution in [2.45, 2.75) is 13.0 Å². The van der Waals surface area contributed by atoms with Crippen LogP contribution in [0.3, 0.4) is 0 Å². The molecule has 4 heterocycles. The number of hydrogen-bond acceptors (Lipinski definition) is 7. The Balaban J connectivity index is 1.70. The SMILES string of the molecule is Cn1cc2cc(-n3nc4ccc(OCC(F)F)nc4c(-c4ccc(OC(F)F)nc4)c3=O)ccc2n1. The first kappa shape index (κ1) is 23.2. The van der Waals surface area contributed by atoms with E-state index in [9.17, 15) is 22.4 Å². The van der Waals surface area contributed by atoms with Gasteiger partial charge in [-0.25, -0.2) is 18.7 Å². The van der Waals surface area contributed by atoms with Gasteiger partial charge in [0.15, 0.2) is 6.61 Å². The lowest BCUT2D eigenvalue weighted by atomic mass is 10.1. The summed E-state index contributed by atoms with van der Waals surface area (Å²) >= 11 is 0. The van der Waals surface area contributed by atoms with Crippen LogP contribution in [0.2, 0.25) is 0 Å². The summed E-state index contributed by atoms with van der Waals surface area (Å²) in [6.07, 6.45) is 0.241. The predicted molar refractivity (Wildman–Crippen MR) is 121 cm³/mol. The van der Waals surface area contributed by atoms with E-state index in [-0.39, 0.29) is 33.9 Å². The van der Waals surface area contributed by atoms with Crippen LogP contribution in [-0.2, 0) is 7.05 Å². The second kappa shape index (κ2) is 9.24. The minimum absolute atomic E-state index is 0.0184. The molecule has 0 aliphatic rings. The normalized spacial score (nSPS) is 11.6. The van der Waals surface area contributed by atoms with Crippen LogP contribution in [0.15, 0.2) is 59.7 Å². The monoisotopic (exact) mass is 500 g/mol. The summed E-state index contributed by atoms with van der Waals surface area (Å²) < 4.78 is 62.4. The lowest BCUT2D eigenvalue weighted by Crippen LogP contribution is -2.24. The maximum atomic E-state index is 13.7. The van der Waals surface area contributed by atoms with E-state index in [1.165, 1.54) is 30.5 Å². The van der Waals surface area contributed by atoms with Gasteiger partial charge >= 0.3 is 6.61 Å². The number of aromatic nitrogens is 6. The summed E-state index contributed by atoms with van der Waals surface area (Å²) in [7, 11) is 1.77. The van der Waals surface area contributed by atoms with Gasteiger partial charge in [0.25, 0.3) is 12.0 Å². The Labute approximate surface area is 199 Å². The highest BCUT2D eigenvalue weighted by atomic mass is 19.3. The summed E-state index contributed by atoms with van der Waals surface area (Å²) in [5.41, 5.74) is 1.12. The molecule has 0 spiro atoms. The van der Waals surface area contributed by atoms with Crippen LogP contribution in [0.1, 0.15) is 0 Å². The summed E-state index contributed by atoms with van der Waals surface area (Å²) in [5.74, 6) is -0.478.